The molecule has 0 heterocycles. The van der Waals surface area contributed by atoms with Gasteiger partial charge in [0, 0.05) is 17.8 Å². The zero-order chi connectivity index (χ0) is 16.3. The van der Waals surface area contributed by atoms with Crippen LogP contribution in [0, 0.1) is 20.8 Å². The molecule has 2 aromatic rings. The third-order valence-corrected chi connectivity index (χ3v) is 3.66. The van der Waals surface area contributed by atoms with E-state index in [9.17, 15) is 4.79 Å². The maximum Gasteiger partial charge on any atom is 0.255 e. The van der Waals surface area contributed by atoms with Gasteiger partial charge in [0.2, 0.25) is 0 Å². The van der Waals surface area contributed by atoms with Gasteiger partial charge in [0.1, 0.15) is 0 Å². The van der Waals surface area contributed by atoms with E-state index in [-0.39, 0.29) is 5.91 Å². The van der Waals surface area contributed by atoms with Gasteiger partial charge in [-0.15, -0.1) is 0 Å². The van der Waals surface area contributed by atoms with E-state index >= 15 is 0 Å². The summed E-state index contributed by atoms with van der Waals surface area (Å²) in [6, 6.07) is 12.0. The number of aryl methyl sites for hydroxylation is 3. The number of benzene rings is 2. The monoisotopic (exact) mass is 296 g/mol. The van der Waals surface area contributed by atoms with Crippen molar-refractivity contribution in [1.29, 1.82) is 0 Å². The number of amides is 1. The largest absolute Gasteiger partial charge is 0.322 e. The molecule has 0 saturated carbocycles. The lowest BCUT2D eigenvalue weighted by atomic mass is 10.1. The Morgan fingerprint density at radius 2 is 1.73 bits per heavy atom. The molecule has 1 amide bonds. The molecule has 0 aliphatic rings. The number of carbonyl (C=O) groups excluding carboxylic acids is 1. The van der Waals surface area contributed by atoms with Crippen LogP contribution in [0.15, 0.2) is 36.4 Å². The molecule has 0 saturated heterocycles. The van der Waals surface area contributed by atoms with E-state index in [0.717, 1.165) is 23.4 Å². The van der Waals surface area contributed by atoms with Crippen molar-refractivity contribution in [2.24, 2.45) is 0 Å². The van der Waals surface area contributed by atoms with E-state index in [4.69, 9.17) is 0 Å². The molecule has 0 aromatic heterocycles. The maximum absolute atomic E-state index is 12.4. The number of anilines is 1. The van der Waals surface area contributed by atoms with E-state index in [0.29, 0.717) is 5.56 Å². The second-order valence-electron chi connectivity index (χ2n) is 6.20. The van der Waals surface area contributed by atoms with Crippen molar-refractivity contribution >= 4 is 11.6 Å². The van der Waals surface area contributed by atoms with Crippen LogP contribution in [0.25, 0.3) is 0 Å². The van der Waals surface area contributed by atoms with E-state index in [1.807, 2.05) is 65.2 Å². The van der Waals surface area contributed by atoms with E-state index in [2.05, 4.69) is 16.3 Å². The molecule has 2 rings (SSSR count). The van der Waals surface area contributed by atoms with Gasteiger partial charge >= 0.3 is 0 Å². The van der Waals surface area contributed by atoms with Crippen molar-refractivity contribution in [3.05, 3.63) is 64.2 Å². The lowest BCUT2D eigenvalue weighted by Crippen LogP contribution is -2.14. The smallest absolute Gasteiger partial charge is 0.255 e. The van der Waals surface area contributed by atoms with Gasteiger partial charge in [-0.05, 0) is 81.4 Å². The quantitative estimate of drug-likeness (QED) is 0.927. The third kappa shape index (κ3) is 4.18. The van der Waals surface area contributed by atoms with Gasteiger partial charge in [-0.25, -0.2) is 0 Å². The Labute approximate surface area is 133 Å². The van der Waals surface area contributed by atoms with Crippen LogP contribution in [0.1, 0.15) is 32.6 Å². The summed E-state index contributed by atoms with van der Waals surface area (Å²) >= 11 is 0. The number of rotatable bonds is 4. The molecule has 0 aliphatic carbocycles. The molecular formula is C19H24N2O. The summed E-state index contributed by atoms with van der Waals surface area (Å²) in [5, 5.41) is 3.00. The molecule has 0 aliphatic heterocycles. The highest BCUT2D eigenvalue weighted by molar-refractivity contribution is 6.04. The summed E-state index contributed by atoms with van der Waals surface area (Å²) in [6.45, 7) is 6.97. The minimum atomic E-state index is -0.0653. The first-order valence-corrected chi connectivity index (χ1v) is 7.49. The average Bonchev–Trinajstić information content (AvgIpc) is 2.40. The zero-order valence-corrected chi connectivity index (χ0v) is 14.0. The SMILES string of the molecule is Cc1cc(CN(C)C)cc(NC(=O)c2ccc(C)c(C)c2)c1. The predicted octanol–water partition coefficient (Wildman–Crippen LogP) is 3.93. The lowest BCUT2D eigenvalue weighted by Gasteiger charge is -2.13. The average molecular weight is 296 g/mol. The molecule has 1 N–H and O–H groups in total. The first-order chi connectivity index (χ1) is 10.3. The molecule has 22 heavy (non-hydrogen) atoms. The van der Waals surface area contributed by atoms with Gasteiger partial charge in [0.25, 0.3) is 5.91 Å². The standard InChI is InChI=1S/C19H24N2O/c1-13-8-16(12-21(4)5)11-18(9-13)20-19(22)17-7-6-14(2)15(3)10-17/h6-11H,12H2,1-5H3,(H,20,22). The molecule has 0 bridgehead atoms. The fourth-order valence-electron chi connectivity index (χ4n) is 2.48. The van der Waals surface area contributed by atoms with Crippen molar-refractivity contribution in [3.63, 3.8) is 0 Å². The summed E-state index contributed by atoms with van der Waals surface area (Å²) in [4.78, 5) is 14.5. The van der Waals surface area contributed by atoms with Crippen molar-refractivity contribution in [2.45, 2.75) is 27.3 Å². The first kappa shape index (κ1) is 16.2. The Morgan fingerprint density at radius 3 is 2.36 bits per heavy atom. The zero-order valence-electron chi connectivity index (χ0n) is 14.0. The number of nitrogens with one attached hydrogen (secondary N) is 1. The minimum absolute atomic E-state index is 0.0653. The van der Waals surface area contributed by atoms with Gasteiger partial charge in [0.05, 0.1) is 0 Å². The van der Waals surface area contributed by atoms with Crippen LogP contribution in [-0.2, 0) is 6.54 Å². The molecule has 3 nitrogen and oxygen atoms in total. The van der Waals surface area contributed by atoms with Crippen LogP contribution < -0.4 is 5.32 Å². The van der Waals surface area contributed by atoms with E-state index < -0.39 is 0 Å². The minimum Gasteiger partial charge on any atom is -0.322 e. The fourth-order valence-corrected chi connectivity index (χ4v) is 2.48. The topological polar surface area (TPSA) is 32.3 Å². The summed E-state index contributed by atoms with van der Waals surface area (Å²) < 4.78 is 0. The van der Waals surface area contributed by atoms with E-state index in [1.165, 1.54) is 11.1 Å². The van der Waals surface area contributed by atoms with Crippen molar-refractivity contribution in [3.8, 4) is 0 Å². The van der Waals surface area contributed by atoms with Crippen LogP contribution in [0.4, 0.5) is 5.69 Å². The van der Waals surface area contributed by atoms with Crippen molar-refractivity contribution < 1.29 is 4.79 Å². The lowest BCUT2D eigenvalue weighted by molar-refractivity contribution is 0.102. The molecule has 0 unspecified atom stereocenters. The Balaban J connectivity index is 2.20. The predicted molar refractivity (Wildman–Crippen MR) is 92.4 cm³/mol. The first-order valence-electron chi connectivity index (χ1n) is 7.49. The number of carbonyl (C=O) groups is 1. The van der Waals surface area contributed by atoms with Crippen LogP contribution in [0.2, 0.25) is 0 Å². The Kier molecular flexibility index (Phi) is 4.99. The van der Waals surface area contributed by atoms with Crippen molar-refractivity contribution in [2.75, 3.05) is 19.4 Å². The van der Waals surface area contributed by atoms with Crippen LogP contribution in [-0.4, -0.2) is 24.9 Å². The summed E-state index contributed by atoms with van der Waals surface area (Å²) in [5.74, 6) is -0.0653. The Morgan fingerprint density at radius 1 is 1.00 bits per heavy atom. The van der Waals surface area contributed by atoms with Crippen LogP contribution >= 0.6 is 0 Å². The second kappa shape index (κ2) is 6.75. The van der Waals surface area contributed by atoms with Crippen LogP contribution in [0.5, 0.6) is 0 Å². The van der Waals surface area contributed by atoms with Gasteiger partial charge in [0.15, 0.2) is 0 Å². The number of hydrogen-bond donors (Lipinski definition) is 1. The molecule has 116 valence electrons. The summed E-state index contributed by atoms with van der Waals surface area (Å²) in [5.41, 5.74) is 6.21. The van der Waals surface area contributed by atoms with Gasteiger partial charge < -0.3 is 10.2 Å². The van der Waals surface area contributed by atoms with E-state index in [1.54, 1.807) is 0 Å². The molecule has 0 spiro atoms. The number of nitrogens with zero attached hydrogens (tertiary/aromatic N) is 1. The molecular weight excluding hydrogens is 272 g/mol. The Hall–Kier alpha value is -2.13. The van der Waals surface area contributed by atoms with Gasteiger partial charge in [-0.1, -0.05) is 12.1 Å². The number of hydrogen-bond acceptors (Lipinski definition) is 2. The fraction of sp³-hybridized carbons (Fsp3) is 0.316. The third-order valence-electron chi connectivity index (χ3n) is 3.66. The molecule has 3 heteroatoms. The summed E-state index contributed by atoms with van der Waals surface area (Å²) in [6.07, 6.45) is 0. The Bertz CT molecular complexity index is 690. The van der Waals surface area contributed by atoms with Gasteiger partial charge in [-0.3, -0.25) is 4.79 Å². The highest BCUT2D eigenvalue weighted by Gasteiger charge is 2.08. The van der Waals surface area contributed by atoms with Crippen molar-refractivity contribution in [1.82, 2.24) is 4.90 Å². The molecule has 0 radical (unpaired) electrons. The summed E-state index contributed by atoms with van der Waals surface area (Å²) in [7, 11) is 4.07. The maximum atomic E-state index is 12.4. The van der Waals surface area contributed by atoms with Gasteiger partial charge in [-0.2, -0.15) is 0 Å². The van der Waals surface area contributed by atoms with Crippen LogP contribution in [0.3, 0.4) is 0 Å². The second-order valence-corrected chi connectivity index (χ2v) is 6.20. The highest BCUT2D eigenvalue weighted by atomic mass is 16.1. The highest BCUT2D eigenvalue weighted by Crippen LogP contribution is 2.17. The molecule has 0 fully saturated rings. The molecule has 2 aromatic carbocycles. The normalized spacial score (nSPS) is 10.8. The molecule has 0 atom stereocenters.